The number of fused-ring (bicyclic) bond motifs is 1. The quantitative estimate of drug-likeness (QED) is 0.573. The summed E-state index contributed by atoms with van der Waals surface area (Å²) in [6.07, 6.45) is 0. The lowest BCUT2D eigenvalue weighted by Gasteiger charge is -2.14. The summed E-state index contributed by atoms with van der Waals surface area (Å²) in [5.41, 5.74) is 1.80. The van der Waals surface area contributed by atoms with Crippen molar-refractivity contribution in [3.05, 3.63) is 63.5 Å². The number of carbonyl (C=O) groups is 1. The molecule has 0 fully saturated rings. The van der Waals surface area contributed by atoms with E-state index in [2.05, 4.69) is 16.0 Å². The molecule has 0 aliphatic heterocycles. The summed E-state index contributed by atoms with van der Waals surface area (Å²) in [7, 11) is 0. The van der Waals surface area contributed by atoms with Gasteiger partial charge in [-0.2, -0.15) is 0 Å². The van der Waals surface area contributed by atoms with Gasteiger partial charge in [0.05, 0.1) is 16.4 Å². The Hall–Kier alpha value is -2.99. The molecule has 0 unspecified atom stereocenters. The van der Waals surface area contributed by atoms with Gasteiger partial charge in [0, 0.05) is 11.9 Å². The molecule has 134 valence electrons. The monoisotopic (exact) mass is 371 g/mol. The number of anilines is 3. The van der Waals surface area contributed by atoms with Crippen molar-refractivity contribution in [2.24, 2.45) is 0 Å². The van der Waals surface area contributed by atoms with E-state index < -0.39 is 11.7 Å². The number of aryl methyl sites for hydroxylation is 1. The first-order valence-corrected chi connectivity index (χ1v) is 8.51. The molecule has 0 bridgehead atoms. The molecule has 0 saturated heterocycles. The highest BCUT2D eigenvalue weighted by atomic mass is 35.5. The molecule has 0 saturated carbocycles. The summed E-state index contributed by atoms with van der Waals surface area (Å²) in [5.74, 6) is 0. The Morgan fingerprint density at radius 2 is 1.88 bits per heavy atom. The molecule has 0 atom stereocenters. The first-order chi connectivity index (χ1) is 12.5. The van der Waals surface area contributed by atoms with Crippen molar-refractivity contribution in [3.8, 4) is 0 Å². The van der Waals surface area contributed by atoms with Gasteiger partial charge in [0.15, 0.2) is 5.69 Å². The zero-order valence-corrected chi connectivity index (χ0v) is 15.1. The summed E-state index contributed by atoms with van der Waals surface area (Å²) < 4.78 is 5.31. The van der Waals surface area contributed by atoms with E-state index in [0.717, 1.165) is 5.56 Å². The van der Waals surface area contributed by atoms with Gasteiger partial charge in [-0.15, -0.1) is 0 Å². The van der Waals surface area contributed by atoms with Gasteiger partial charge in [-0.1, -0.05) is 29.8 Å². The number of urea groups is 1. The predicted octanol–water partition coefficient (Wildman–Crippen LogP) is 4.83. The van der Waals surface area contributed by atoms with Gasteiger partial charge in [0.1, 0.15) is 5.58 Å². The van der Waals surface area contributed by atoms with Crippen molar-refractivity contribution in [1.82, 2.24) is 0 Å². The number of amides is 2. The Labute approximate surface area is 155 Å². The number of hydrogen-bond acceptors (Lipinski definition) is 4. The Morgan fingerprint density at radius 3 is 2.62 bits per heavy atom. The van der Waals surface area contributed by atoms with E-state index in [1.54, 1.807) is 24.3 Å². The molecule has 2 aromatic carbocycles. The van der Waals surface area contributed by atoms with Gasteiger partial charge in [0.2, 0.25) is 0 Å². The Kier molecular flexibility index (Phi) is 5.14. The average molecular weight is 372 g/mol. The van der Waals surface area contributed by atoms with Crippen LogP contribution in [0.3, 0.4) is 0 Å². The minimum absolute atomic E-state index is 0.0475. The highest BCUT2D eigenvalue weighted by Gasteiger charge is 2.17. The van der Waals surface area contributed by atoms with E-state index in [1.807, 2.05) is 32.0 Å². The number of nitrogens with one attached hydrogen (secondary N) is 3. The number of benzene rings is 2. The summed E-state index contributed by atoms with van der Waals surface area (Å²) in [5, 5.41) is 9.45. The third-order valence-corrected chi connectivity index (χ3v) is 4.09. The predicted molar refractivity (Wildman–Crippen MR) is 105 cm³/mol. The van der Waals surface area contributed by atoms with Crippen LogP contribution in [0.4, 0.5) is 21.9 Å². The molecule has 1 aromatic heterocycles. The maximum atomic E-state index is 12.4. The van der Waals surface area contributed by atoms with Gasteiger partial charge in [0.25, 0.3) is 0 Å². The molecule has 0 aliphatic carbocycles. The fraction of sp³-hybridized carbons (Fsp3) is 0.158. The highest BCUT2D eigenvalue weighted by Crippen LogP contribution is 2.29. The lowest BCUT2D eigenvalue weighted by Crippen LogP contribution is -2.24. The van der Waals surface area contributed by atoms with E-state index in [4.69, 9.17) is 16.0 Å². The molecular weight excluding hydrogens is 354 g/mol. The highest BCUT2D eigenvalue weighted by molar-refractivity contribution is 6.33. The van der Waals surface area contributed by atoms with Crippen LogP contribution in [0.2, 0.25) is 5.02 Å². The summed E-state index contributed by atoms with van der Waals surface area (Å²) >= 11 is 6.13. The SMILES string of the molecule is CCNc1c(NC(=O)Nc2ccc(C)cc2Cl)c(=O)oc2ccccc12. The molecule has 3 aromatic rings. The lowest BCUT2D eigenvalue weighted by atomic mass is 10.2. The van der Waals surface area contributed by atoms with Crippen LogP contribution in [-0.4, -0.2) is 12.6 Å². The van der Waals surface area contributed by atoms with Crippen LogP contribution in [0.25, 0.3) is 11.0 Å². The van der Waals surface area contributed by atoms with Gasteiger partial charge in [-0.05, 0) is 43.7 Å². The molecule has 0 radical (unpaired) electrons. The van der Waals surface area contributed by atoms with E-state index in [9.17, 15) is 9.59 Å². The second kappa shape index (κ2) is 7.49. The molecule has 3 rings (SSSR count). The molecule has 26 heavy (non-hydrogen) atoms. The number of hydrogen-bond donors (Lipinski definition) is 3. The average Bonchev–Trinajstić information content (AvgIpc) is 2.60. The van der Waals surface area contributed by atoms with E-state index in [0.29, 0.717) is 33.9 Å². The van der Waals surface area contributed by atoms with Crippen molar-refractivity contribution in [2.45, 2.75) is 13.8 Å². The second-order valence-corrected chi connectivity index (χ2v) is 6.14. The Balaban J connectivity index is 1.94. The molecule has 6 nitrogen and oxygen atoms in total. The van der Waals surface area contributed by atoms with Crippen LogP contribution in [0.5, 0.6) is 0 Å². The van der Waals surface area contributed by atoms with Gasteiger partial charge >= 0.3 is 11.7 Å². The second-order valence-electron chi connectivity index (χ2n) is 5.73. The van der Waals surface area contributed by atoms with Crippen molar-refractivity contribution in [1.29, 1.82) is 0 Å². The third-order valence-electron chi connectivity index (χ3n) is 3.78. The Bertz CT molecular complexity index is 1030. The van der Waals surface area contributed by atoms with Gasteiger partial charge in [-0.25, -0.2) is 9.59 Å². The number of halogens is 1. The molecular formula is C19H18ClN3O3. The molecule has 7 heteroatoms. The minimum atomic E-state index is -0.634. The van der Waals surface area contributed by atoms with Crippen molar-refractivity contribution >= 4 is 45.7 Å². The van der Waals surface area contributed by atoms with Crippen molar-refractivity contribution in [2.75, 3.05) is 22.5 Å². The zero-order valence-electron chi connectivity index (χ0n) is 14.4. The molecule has 0 aliphatic rings. The van der Waals surface area contributed by atoms with Gasteiger partial charge in [-0.3, -0.25) is 5.32 Å². The first kappa shape index (κ1) is 17.8. The standard InChI is InChI=1S/C19H18ClN3O3/c1-3-21-16-12-6-4-5-7-15(12)26-18(24)17(16)23-19(25)22-14-9-8-11(2)10-13(14)20/h4-10,21H,3H2,1-2H3,(H2,22,23,25). The number of rotatable bonds is 4. The maximum Gasteiger partial charge on any atom is 0.362 e. The largest absolute Gasteiger partial charge is 0.421 e. The topological polar surface area (TPSA) is 83.4 Å². The van der Waals surface area contributed by atoms with E-state index in [1.165, 1.54) is 0 Å². The van der Waals surface area contributed by atoms with E-state index >= 15 is 0 Å². The summed E-state index contributed by atoms with van der Waals surface area (Å²) in [4.78, 5) is 24.7. The number of para-hydroxylation sites is 1. The van der Waals surface area contributed by atoms with Crippen molar-refractivity contribution in [3.63, 3.8) is 0 Å². The fourth-order valence-electron chi connectivity index (χ4n) is 2.61. The normalized spacial score (nSPS) is 10.6. The molecule has 0 spiro atoms. The zero-order chi connectivity index (χ0) is 18.7. The number of carbonyl (C=O) groups excluding carboxylic acids is 1. The maximum absolute atomic E-state index is 12.4. The molecule has 3 N–H and O–H groups in total. The first-order valence-electron chi connectivity index (χ1n) is 8.13. The van der Waals surface area contributed by atoms with Crippen LogP contribution in [0.15, 0.2) is 51.7 Å². The Morgan fingerprint density at radius 1 is 1.12 bits per heavy atom. The lowest BCUT2D eigenvalue weighted by molar-refractivity contribution is 0.262. The van der Waals surface area contributed by atoms with Crippen LogP contribution in [-0.2, 0) is 0 Å². The smallest absolute Gasteiger partial charge is 0.362 e. The van der Waals surface area contributed by atoms with Crippen molar-refractivity contribution < 1.29 is 9.21 Å². The molecule has 2 amide bonds. The third kappa shape index (κ3) is 3.65. The fourth-order valence-corrected chi connectivity index (χ4v) is 2.89. The van der Waals surface area contributed by atoms with Crippen LogP contribution >= 0.6 is 11.6 Å². The van der Waals surface area contributed by atoms with Crippen LogP contribution in [0.1, 0.15) is 12.5 Å². The van der Waals surface area contributed by atoms with Crippen LogP contribution < -0.4 is 21.6 Å². The van der Waals surface area contributed by atoms with Crippen LogP contribution in [0, 0.1) is 6.92 Å². The van der Waals surface area contributed by atoms with Gasteiger partial charge < -0.3 is 15.1 Å². The summed E-state index contributed by atoms with van der Waals surface area (Å²) in [6, 6.07) is 11.8. The molecule has 1 heterocycles. The minimum Gasteiger partial charge on any atom is -0.421 e. The van der Waals surface area contributed by atoms with E-state index in [-0.39, 0.29) is 5.69 Å². The summed E-state index contributed by atoms with van der Waals surface area (Å²) in [6.45, 7) is 4.38.